The van der Waals surface area contributed by atoms with Gasteiger partial charge in [-0.15, -0.1) is 5.10 Å². The summed E-state index contributed by atoms with van der Waals surface area (Å²) in [6.45, 7) is -0.364. The summed E-state index contributed by atoms with van der Waals surface area (Å²) in [7, 11) is 0. The average Bonchev–Trinajstić information content (AvgIpc) is 3.38. The molecule has 1 atom stereocenters. The van der Waals surface area contributed by atoms with E-state index in [0.717, 1.165) is 23.0 Å². The number of aromatic nitrogens is 5. The van der Waals surface area contributed by atoms with Crippen molar-refractivity contribution < 1.29 is 31.5 Å². The molecule has 1 unspecified atom stereocenters. The molecule has 14 heteroatoms. The van der Waals surface area contributed by atoms with Gasteiger partial charge in [0.1, 0.15) is 24.3 Å². The molecule has 1 aromatic carbocycles. The Labute approximate surface area is 224 Å². The highest BCUT2D eigenvalue weighted by atomic mass is 19.4. The van der Waals surface area contributed by atoms with Gasteiger partial charge in [0.15, 0.2) is 5.69 Å². The molecule has 3 aromatic heterocycles. The van der Waals surface area contributed by atoms with Crippen molar-refractivity contribution in [2.45, 2.75) is 45.0 Å². The van der Waals surface area contributed by atoms with Crippen LogP contribution in [-0.4, -0.2) is 36.6 Å². The zero-order chi connectivity index (χ0) is 28.7. The van der Waals surface area contributed by atoms with Crippen molar-refractivity contribution in [2.75, 3.05) is 0 Å². The van der Waals surface area contributed by atoms with E-state index in [9.17, 15) is 31.5 Å². The number of nitrogens with zero attached hydrogens (tertiary/aromatic N) is 5. The second-order valence-electron chi connectivity index (χ2n) is 8.74. The molecule has 0 bridgehead atoms. The Bertz CT molecular complexity index is 1520. The molecule has 0 saturated carbocycles. The molecule has 0 radical (unpaired) electrons. The van der Waals surface area contributed by atoms with Crippen LogP contribution in [0, 0.1) is 5.82 Å². The molecule has 1 amide bonds. The predicted octanol–water partition coefficient (Wildman–Crippen LogP) is 3.93. The topological polar surface area (TPSA) is 104 Å². The van der Waals surface area contributed by atoms with Crippen LogP contribution in [0.3, 0.4) is 0 Å². The van der Waals surface area contributed by atoms with Crippen LogP contribution in [0.4, 0.5) is 22.0 Å². The van der Waals surface area contributed by atoms with Gasteiger partial charge in [-0.3, -0.25) is 14.6 Å². The fourth-order valence-electron chi connectivity index (χ4n) is 3.62. The van der Waals surface area contributed by atoms with Crippen molar-refractivity contribution in [2.24, 2.45) is 0 Å². The summed E-state index contributed by atoms with van der Waals surface area (Å²) >= 11 is 0. The minimum absolute atomic E-state index is 0.00164. The summed E-state index contributed by atoms with van der Waals surface area (Å²) in [6, 6.07) is 10.3. The summed E-state index contributed by atoms with van der Waals surface area (Å²) in [4.78, 5) is 28.5. The first-order valence-corrected chi connectivity index (χ1v) is 12.0. The first-order chi connectivity index (χ1) is 19.1. The van der Waals surface area contributed by atoms with Gasteiger partial charge in [0, 0.05) is 31.1 Å². The van der Waals surface area contributed by atoms with Crippen LogP contribution >= 0.6 is 0 Å². The second kappa shape index (κ2) is 12.5. The molecule has 210 valence electrons. The molecule has 0 aliphatic carbocycles. The zero-order valence-electron chi connectivity index (χ0n) is 20.8. The smallest absolute Gasteiger partial charge is 0.416 e. The SMILES string of the molecule is O=C(NCc1cc(C(F)(F)F)ccn1)c1cn(CC(F)CCn2ccc(COc3cccc(F)c3)cc2=O)nn1. The molecule has 0 aliphatic heterocycles. The van der Waals surface area contributed by atoms with Crippen molar-refractivity contribution in [3.63, 3.8) is 0 Å². The van der Waals surface area contributed by atoms with Crippen molar-refractivity contribution in [3.05, 3.63) is 106 Å². The van der Waals surface area contributed by atoms with Gasteiger partial charge in [-0.2, -0.15) is 13.2 Å². The number of carbonyl (C=O) groups is 1. The van der Waals surface area contributed by atoms with Gasteiger partial charge in [-0.05, 0) is 42.3 Å². The van der Waals surface area contributed by atoms with Gasteiger partial charge in [0.2, 0.25) is 0 Å². The summed E-state index contributed by atoms with van der Waals surface area (Å²) in [5.41, 5.74) is -0.824. The highest BCUT2D eigenvalue weighted by Gasteiger charge is 2.30. The lowest BCUT2D eigenvalue weighted by Crippen LogP contribution is -2.24. The van der Waals surface area contributed by atoms with E-state index in [-0.39, 0.29) is 49.6 Å². The summed E-state index contributed by atoms with van der Waals surface area (Å²) in [6.07, 6.45) is -2.27. The highest BCUT2D eigenvalue weighted by Crippen LogP contribution is 2.29. The van der Waals surface area contributed by atoms with Gasteiger partial charge in [-0.1, -0.05) is 11.3 Å². The van der Waals surface area contributed by atoms with Crippen molar-refractivity contribution in [3.8, 4) is 5.75 Å². The van der Waals surface area contributed by atoms with E-state index in [1.807, 2.05) is 0 Å². The maximum absolute atomic E-state index is 14.6. The van der Waals surface area contributed by atoms with E-state index in [1.54, 1.807) is 12.1 Å². The largest absolute Gasteiger partial charge is 0.489 e. The summed E-state index contributed by atoms with van der Waals surface area (Å²) < 4.78 is 74.2. The molecule has 3 heterocycles. The Kier molecular flexibility index (Phi) is 8.86. The summed E-state index contributed by atoms with van der Waals surface area (Å²) in [5, 5.41) is 9.78. The van der Waals surface area contributed by atoms with Gasteiger partial charge in [0.25, 0.3) is 11.5 Å². The number of amides is 1. The van der Waals surface area contributed by atoms with E-state index in [1.165, 1.54) is 41.2 Å². The van der Waals surface area contributed by atoms with Crippen LogP contribution in [0.25, 0.3) is 0 Å². The lowest BCUT2D eigenvalue weighted by atomic mass is 10.2. The molecular weight excluding hydrogens is 539 g/mol. The van der Waals surface area contributed by atoms with Gasteiger partial charge in [-0.25, -0.2) is 13.5 Å². The molecule has 0 fully saturated rings. The number of pyridine rings is 2. The van der Waals surface area contributed by atoms with Crippen LogP contribution in [-0.2, 0) is 32.4 Å². The monoisotopic (exact) mass is 562 g/mol. The fraction of sp³-hybridized carbons (Fsp3) is 0.269. The van der Waals surface area contributed by atoms with Gasteiger partial charge >= 0.3 is 6.18 Å². The molecule has 4 rings (SSSR count). The number of halogens is 5. The van der Waals surface area contributed by atoms with Gasteiger partial charge < -0.3 is 14.6 Å². The molecule has 0 spiro atoms. The zero-order valence-corrected chi connectivity index (χ0v) is 20.8. The van der Waals surface area contributed by atoms with E-state index in [0.29, 0.717) is 11.3 Å². The molecule has 4 aromatic rings. The van der Waals surface area contributed by atoms with Crippen molar-refractivity contribution >= 4 is 5.91 Å². The molecule has 1 N–H and O–H groups in total. The third-order valence-corrected chi connectivity index (χ3v) is 5.68. The van der Waals surface area contributed by atoms with Gasteiger partial charge in [0.05, 0.1) is 30.5 Å². The highest BCUT2D eigenvalue weighted by molar-refractivity contribution is 5.91. The average molecular weight is 562 g/mol. The van der Waals surface area contributed by atoms with Crippen molar-refractivity contribution in [1.82, 2.24) is 29.9 Å². The Balaban J connectivity index is 1.24. The third kappa shape index (κ3) is 7.94. The van der Waals surface area contributed by atoms with E-state index in [2.05, 4.69) is 20.6 Å². The molecule has 40 heavy (non-hydrogen) atoms. The number of nitrogens with one attached hydrogen (secondary N) is 1. The Hall–Kier alpha value is -4.62. The molecule has 9 nitrogen and oxygen atoms in total. The first kappa shape index (κ1) is 28.4. The number of alkyl halides is 4. The first-order valence-electron chi connectivity index (χ1n) is 12.0. The van der Waals surface area contributed by atoms with Crippen LogP contribution in [0.1, 0.15) is 33.7 Å². The van der Waals surface area contributed by atoms with E-state index >= 15 is 0 Å². The molecule has 0 saturated heterocycles. The predicted molar refractivity (Wildman–Crippen MR) is 131 cm³/mol. The quantitative estimate of drug-likeness (QED) is 0.278. The molecule has 0 aliphatic rings. The third-order valence-electron chi connectivity index (χ3n) is 5.68. The van der Waals surface area contributed by atoms with Crippen molar-refractivity contribution in [1.29, 1.82) is 0 Å². The number of benzene rings is 1. The van der Waals surface area contributed by atoms with Crippen LogP contribution in [0.15, 0.2) is 71.9 Å². The molecular formula is C26H23F5N6O3. The standard InChI is InChI=1S/C26H23F5N6O3/c27-19-2-1-3-22(12-19)40-16-17-5-8-36(24(38)10-17)9-6-20(28)14-37-15-23(34-35-37)25(39)33-13-21-11-18(4-7-32-21)26(29,30)31/h1-5,7-8,10-12,15,20H,6,9,13-14,16H2,(H,33,39). The maximum Gasteiger partial charge on any atom is 0.416 e. The number of carbonyl (C=O) groups excluding carboxylic acids is 1. The maximum atomic E-state index is 14.6. The minimum atomic E-state index is -4.54. The van der Waals surface area contributed by atoms with Crippen LogP contribution in [0.2, 0.25) is 0 Å². The number of rotatable bonds is 11. The van der Waals surface area contributed by atoms with E-state index in [4.69, 9.17) is 4.74 Å². The Morgan fingerprint density at radius 2 is 1.95 bits per heavy atom. The lowest BCUT2D eigenvalue weighted by molar-refractivity contribution is -0.137. The number of ether oxygens (including phenoxy) is 1. The number of aryl methyl sites for hydroxylation is 1. The number of hydrogen-bond donors (Lipinski definition) is 1. The fourth-order valence-corrected chi connectivity index (χ4v) is 3.62. The van der Waals surface area contributed by atoms with E-state index < -0.39 is 29.6 Å². The summed E-state index contributed by atoms with van der Waals surface area (Å²) in [5.74, 6) is -0.828. The van der Waals surface area contributed by atoms with Crippen LogP contribution in [0.5, 0.6) is 5.75 Å². The normalized spacial score (nSPS) is 12.2. The lowest BCUT2D eigenvalue weighted by Gasteiger charge is -2.11. The number of hydrogen-bond acceptors (Lipinski definition) is 6. The minimum Gasteiger partial charge on any atom is -0.489 e. The Morgan fingerprint density at radius 3 is 2.70 bits per heavy atom. The van der Waals surface area contributed by atoms with Crippen LogP contribution < -0.4 is 15.6 Å². The Morgan fingerprint density at radius 1 is 1.12 bits per heavy atom. The second-order valence-corrected chi connectivity index (χ2v) is 8.74.